The quantitative estimate of drug-likeness (QED) is 0.791. The lowest BCUT2D eigenvalue weighted by molar-refractivity contribution is 0.0696. The van der Waals surface area contributed by atoms with Crippen LogP contribution >= 0.6 is 0 Å². The summed E-state index contributed by atoms with van der Waals surface area (Å²) in [4.78, 5) is 15.2. The second-order valence-corrected chi connectivity index (χ2v) is 4.24. The van der Waals surface area contributed by atoms with Crippen molar-refractivity contribution in [2.45, 2.75) is 6.92 Å². The molecule has 2 N–H and O–H groups in total. The number of rotatable bonds is 6. The summed E-state index contributed by atoms with van der Waals surface area (Å²) >= 11 is 0. The highest BCUT2D eigenvalue weighted by Gasteiger charge is 2.13. The number of aromatic nitrogens is 1. The number of aryl methyl sites for hydroxylation is 1. The van der Waals surface area contributed by atoms with Crippen molar-refractivity contribution in [1.29, 1.82) is 0 Å². The Morgan fingerprint density at radius 2 is 2.05 bits per heavy atom. The van der Waals surface area contributed by atoms with E-state index in [1.807, 2.05) is 30.3 Å². The minimum Gasteiger partial charge on any atom is -0.492 e. The predicted molar refractivity (Wildman–Crippen MR) is 76.4 cm³/mol. The van der Waals surface area contributed by atoms with Gasteiger partial charge in [0.2, 0.25) is 0 Å². The number of ether oxygens (including phenoxy) is 1. The molecule has 20 heavy (non-hydrogen) atoms. The van der Waals surface area contributed by atoms with E-state index in [-0.39, 0.29) is 5.56 Å². The molecule has 0 amide bonds. The Labute approximate surface area is 117 Å². The summed E-state index contributed by atoms with van der Waals surface area (Å²) in [5.74, 6) is 0.168. The van der Waals surface area contributed by atoms with Crippen LogP contribution in [0.1, 0.15) is 15.9 Å². The molecule has 1 aromatic carbocycles. The van der Waals surface area contributed by atoms with Crippen LogP contribution in [0, 0.1) is 6.92 Å². The molecule has 1 heterocycles. The average Bonchev–Trinajstić information content (AvgIpc) is 2.44. The van der Waals surface area contributed by atoms with Crippen LogP contribution in [0.4, 0.5) is 5.82 Å². The van der Waals surface area contributed by atoms with E-state index in [2.05, 4.69) is 10.3 Å². The van der Waals surface area contributed by atoms with Gasteiger partial charge in [-0.2, -0.15) is 0 Å². The van der Waals surface area contributed by atoms with Gasteiger partial charge in [0.1, 0.15) is 23.7 Å². The number of carbonyl (C=O) groups is 1. The number of hydrogen-bond donors (Lipinski definition) is 2. The molecule has 5 nitrogen and oxygen atoms in total. The first-order valence-electron chi connectivity index (χ1n) is 6.29. The van der Waals surface area contributed by atoms with E-state index in [1.54, 1.807) is 19.2 Å². The van der Waals surface area contributed by atoms with E-state index in [1.165, 1.54) is 0 Å². The lowest BCUT2D eigenvalue weighted by Crippen LogP contribution is -2.15. The number of pyridine rings is 1. The van der Waals surface area contributed by atoms with Crippen LogP contribution in [0.2, 0.25) is 0 Å². The van der Waals surface area contributed by atoms with E-state index in [4.69, 9.17) is 9.84 Å². The molecule has 5 heteroatoms. The summed E-state index contributed by atoms with van der Waals surface area (Å²) in [7, 11) is 0. The van der Waals surface area contributed by atoms with Gasteiger partial charge in [-0.25, -0.2) is 9.78 Å². The molecular formula is C15H16N2O3. The van der Waals surface area contributed by atoms with E-state index >= 15 is 0 Å². The first-order chi connectivity index (χ1) is 9.68. The van der Waals surface area contributed by atoms with E-state index in [0.29, 0.717) is 24.5 Å². The van der Waals surface area contributed by atoms with E-state index < -0.39 is 5.97 Å². The van der Waals surface area contributed by atoms with Crippen molar-refractivity contribution in [1.82, 2.24) is 4.98 Å². The molecule has 0 atom stereocenters. The largest absolute Gasteiger partial charge is 0.492 e. The minimum atomic E-state index is -0.984. The van der Waals surface area contributed by atoms with Gasteiger partial charge in [0.25, 0.3) is 0 Å². The molecule has 0 spiro atoms. The van der Waals surface area contributed by atoms with Crippen molar-refractivity contribution in [3.8, 4) is 5.75 Å². The van der Waals surface area contributed by atoms with Crippen LogP contribution in [0.15, 0.2) is 42.6 Å². The Kier molecular flexibility index (Phi) is 4.55. The normalized spacial score (nSPS) is 10.1. The summed E-state index contributed by atoms with van der Waals surface area (Å²) in [5.41, 5.74) is 0.881. The maximum Gasteiger partial charge on any atom is 0.339 e. The molecule has 104 valence electrons. The van der Waals surface area contributed by atoms with Crippen LogP contribution in [0.5, 0.6) is 5.75 Å². The highest BCUT2D eigenvalue weighted by atomic mass is 16.5. The number of carboxylic acids is 1. The number of anilines is 1. The van der Waals surface area contributed by atoms with Gasteiger partial charge in [-0.15, -0.1) is 0 Å². The van der Waals surface area contributed by atoms with Gasteiger partial charge in [-0.3, -0.25) is 0 Å². The number of carboxylic acid groups (broad SMARTS) is 1. The standard InChI is InChI=1S/C15H16N2O3/c1-11-7-8-16-14(13(11)15(18)19)17-9-10-20-12-5-3-2-4-6-12/h2-8H,9-10H2,1H3,(H,16,17)(H,18,19). The molecule has 0 saturated carbocycles. The minimum absolute atomic E-state index is 0.201. The van der Waals surface area contributed by atoms with Gasteiger partial charge >= 0.3 is 5.97 Å². The second kappa shape index (κ2) is 6.56. The molecule has 0 aliphatic heterocycles. The van der Waals surface area contributed by atoms with Crippen molar-refractivity contribution >= 4 is 11.8 Å². The number of aromatic carboxylic acids is 1. The maximum atomic E-state index is 11.2. The maximum absolute atomic E-state index is 11.2. The molecule has 0 aliphatic rings. The zero-order valence-electron chi connectivity index (χ0n) is 11.2. The van der Waals surface area contributed by atoms with Gasteiger partial charge in [0, 0.05) is 6.20 Å². The highest BCUT2D eigenvalue weighted by molar-refractivity contribution is 5.94. The molecular weight excluding hydrogens is 256 g/mol. The third-order valence-corrected chi connectivity index (χ3v) is 2.78. The number of nitrogens with zero attached hydrogens (tertiary/aromatic N) is 1. The fourth-order valence-corrected chi connectivity index (χ4v) is 1.82. The SMILES string of the molecule is Cc1ccnc(NCCOc2ccccc2)c1C(=O)O. The van der Waals surface area contributed by atoms with Crippen molar-refractivity contribution in [2.24, 2.45) is 0 Å². The van der Waals surface area contributed by atoms with E-state index in [9.17, 15) is 4.79 Å². The van der Waals surface area contributed by atoms with E-state index in [0.717, 1.165) is 5.75 Å². The first kappa shape index (κ1) is 13.9. The van der Waals surface area contributed by atoms with Gasteiger partial charge in [0.05, 0.1) is 6.54 Å². The highest BCUT2D eigenvalue weighted by Crippen LogP contribution is 2.16. The summed E-state index contributed by atoms with van der Waals surface area (Å²) in [6.07, 6.45) is 1.59. The lowest BCUT2D eigenvalue weighted by Gasteiger charge is -2.11. The molecule has 0 saturated heterocycles. The second-order valence-electron chi connectivity index (χ2n) is 4.24. The van der Waals surface area contributed by atoms with Crippen LogP contribution < -0.4 is 10.1 Å². The predicted octanol–water partition coefficient (Wildman–Crippen LogP) is 2.58. The van der Waals surface area contributed by atoms with Gasteiger partial charge in [0.15, 0.2) is 0 Å². The Morgan fingerprint density at radius 3 is 2.75 bits per heavy atom. The van der Waals surface area contributed by atoms with Gasteiger partial charge in [-0.05, 0) is 30.7 Å². The fourth-order valence-electron chi connectivity index (χ4n) is 1.82. The Bertz CT molecular complexity index is 585. The molecule has 0 unspecified atom stereocenters. The average molecular weight is 272 g/mol. The number of nitrogens with one attached hydrogen (secondary N) is 1. The van der Waals surface area contributed by atoms with Crippen molar-refractivity contribution < 1.29 is 14.6 Å². The van der Waals surface area contributed by atoms with Gasteiger partial charge in [-0.1, -0.05) is 18.2 Å². The van der Waals surface area contributed by atoms with Crippen LogP contribution in [-0.2, 0) is 0 Å². The van der Waals surface area contributed by atoms with Crippen LogP contribution in [0.25, 0.3) is 0 Å². The van der Waals surface area contributed by atoms with Crippen molar-refractivity contribution in [2.75, 3.05) is 18.5 Å². The Balaban J connectivity index is 1.92. The number of benzene rings is 1. The monoisotopic (exact) mass is 272 g/mol. The van der Waals surface area contributed by atoms with Crippen LogP contribution in [0.3, 0.4) is 0 Å². The van der Waals surface area contributed by atoms with Crippen molar-refractivity contribution in [3.63, 3.8) is 0 Å². The summed E-state index contributed by atoms with van der Waals surface area (Å²) < 4.78 is 5.52. The number of para-hydroxylation sites is 1. The Morgan fingerprint density at radius 1 is 1.30 bits per heavy atom. The molecule has 2 aromatic rings. The topological polar surface area (TPSA) is 71.5 Å². The summed E-state index contributed by atoms with van der Waals surface area (Å²) in [6, 6.07) is 11.1. The van der Waals surface area contributed by atoms with Gasteiger partial charge < -0.3 is 15.2 Å². The summed E-state index contributed by atoms with van der Waals surface area (Å²) in [6.45, 7) is 2.65. The lowest BCUT2D eigenvalue weighted by atomic mass is 10.1. The smallest absolute Gasteiger partial charge is 0.339 e. The molecule has 0 aliphatic carbocycles. The zero-order valence-corrected chi connectivity index (χ0v) is 11.2. The third-order valence-electron chi connectivity index (χ3n) is 2.78. The third kappa shape index (κ3) is 3.47. The summed E-state index contributed by atoms with van der Waals surface area (Å²) in [5, 5.41) is 12.2. The Hall–Kier alpha value is -2.56. The molecule has 2 rings (SSSR count). The molecule has 0 fully saturated rings. The molecule has 0 radical (unpaired) electrons. The fraction of sp³-hybridized carbons (Fsp3) is 0.200. The zero-order chi connectivity index (χ0) is 14.4. The first-order valence-corrected chi connectivity index (χ1v) is 6.29. The molecule has 0 bridgehead atoms. The number of hydrogen-bond acceptors (Lipinski definition) is 4. The van der Waals surface area contributed by atoms with Crippen molar-refractivity contribution in [3.05, 3.63) is 53.7 Å². The van der Waals surface area contributed by atoms with Crippen LogP contribution in [-0.4, -0.2) is 29.2 Å². The molecule has 1 aromatic heterocycles.